The van der Waals surface area contributed by atoms with E-state index >= 15 is 0 Å². The van der Waals surface area contributed by atoms with Crippen molar-refractivity contribution in [1.29, 1.82) is 0 Å². The van der Waals surface area contributed by atoms with Crippen molar-refractivity contribution in [3.05, 3.63) is 47.3 Å². The lowest BCUT2D eigenvalue weighted by Crippen LogP contribution is -2.22. The molecule has 22 heavy (non-hydrogen) atoms. The van der Waals surface area contributed by atoms with E-state index in [1.54, 1.807) is 44.4 Å². The molecule has 0 radical (unpaired) electrons. The minimum absolute atomic E-state index is 0.117. The predicted octanol–water partition coefficient (Wildman–Crippen LogP) is 2.51. The normalized spacial score (nSPS) is 13.7. The van der Waals surface area contributed by atoms with E-state index in [2.05, 4.69) is 10.5 Å². The average Bonchev–Trinajstić information content (AvgIpc) is 3.23. The van der Waals surface area contributed by atoms with E-state index in [-0.39, 0.29) is 17.5 Å². The molecule has 2 aromatic rings. The molecule has 0 atom stereocenters. The summed E-state index contributed by atoms with van der Waals surface area (Å²) in [6.07, 6.45) is 2.18. The molecule has 1 N–H and O–H groups in total. The molecule has 3 rings (SSSR count). The standard InChI is InChI=1S/C16H17N3O3/c1-19(2)16(21)11-4-3-5-12(8-11)17-15(20)13-9-14(22-18-13)10-6-7-10/h3-5,8-10H,6-7H2,1-2H3,(H,17,20). The monoisotopic (exact) mass is 299 g/mol. The number of hydrogen-bond donors (Lipinski definition) is 1. The summed E-state index contributed by atoms with van der Waals surface area (Å²) < 4.78 is 5.17. The molecule has 0 unspecified atom stereocenters. The largest absolute Gasteiger partial charge is 0.360 e. The summed E-state index contributed by atoms with van der Waals surface area (Å²) in [4.78, 5) is 25.6. The van der Waals surface area contributed by atoms with Gasteiger partial charge < -0.3 is 14.7 Å². The molecule has 0 spiro atoms. The fourth-order valence-electron chi connectivity index (χ4n) is 2.14. The van der Waals surface area contributed by atoms with Gasteiger partial charge in [0, 0.05) is 37.3 Å². The van der Waals surface area contributed by atoms with E-state index in [9.17, 15) is 9.59 Å². The van der Waals surface area contributed by atoms with Gasteiger partial charge in [-0.15, -0.1) is 0 Å². The van der Waals surface area contributed by atoms with Crippen LogP contribution in [0.1, 0.15) is 45.4 Å². The lowest BCUT2D eigenvalue weighted by Gasteiger charge is -2.11. The van der Waals surface area contributed by atoms with Gasteiger partial charge >= 0.3 is 0 Å². The van der Waals surface area contributed by atoms with Crippen molar-refractivity contribution in [1.82, 2.24) is 10.1 Å². The summed E-state index contributed by atoms with van der Waals surface area (Å²) in [6.45, 7) is 0. The van der Waals surface area contributed by atoms with E-state index < -0.39 is 0 Å². The Hall–Kier alpha value is -2.63. The molecular formula is C16H17N3O3. The fourth-order valence-corrected chi connectivity index (χ4v) is 2.14. The third kappa shape index (κ3) is 3.00. The van der Waals surface area contributed by atoms with E-state index in [0.717, 1.165) is 18.6 Å². The van der Waals surface area contributed by atoms with Crippen LogP contribution in [0.2, 0.25) is 0 Å². The zero-order valence-corrected chi connectivity index (χ0v) is 12.5. The molecule has 1 aliphatic carbocycles. The predicted molar refractivity (Wildman–Crippen MR) is 80.9 cm³/mol. The minimum atomic E-state index is -0.342. The van der Waals surface area contributed by atoms with Crippen molar-refractivity contribution in [2.45, 2.75) is 18.8 Å². The van der Waals surface area contributed by atoms with Crippen LogP contribution in [0.15, 0.2) is 34.9 Å². The third-order valence-corrected chi connectivity index (χ3v) is 3.51. The van der Waals surface area contributed by atoms with Gasteiger partial charge in [-0.3, -0.25) is 9.59 Å². The molecule has 0 bridgehead atoms. The van der Waals surface area contributed by atoms with E-state index in [0.29, 0.717) is 17.2 Å². The van der Waals surface area contributed by atoms with Crippen molar-refractivity contribution in [3.8, 4) is 0 Å². The first-order valence-electron chi connectivity index (χ1n) is 7.14. The number of anilines is 1. The molecule has 0 aliphatic heterocycles. The summed E-state index contributed by atoms with van der Waals surface area (Å²) >= 11 is 0. The molecule has 1 aromatic heterocycles. The van der Waals surface area contributed by atoms with Gasteiger partial charge in [0.1, 0.15) is 5.76 Å². The molecule has 1 heterocycles. The van der Waals surface area contributed by atoms with E-state index in [1.807, 2.05) is 0 Å². The smallest absolute Gasteiger partial charge is 0.277 e. The van der Waals surface area contributed by atoms with Crippen LogP contribution in [0, 0.1) is 0 Å². The lowest BCUT2D eigenvalue weighted by molar-refractivity contribution is 0.0827. The van der Waals surface area contributed by atoms with Crippen LogP contribution in [0.3, 0.4) is 0 Å². The first-order valence-corrected chi connectivity index (χ1v) is 7.14. The van der Waals surface area contributed by atoms with Crippen molar-refractivity contribution in [2.24, 2.45) is 0 Å². The molecule has 1 aliphatic rings. The number of rotatable bonds is 4. The van der Waals surface area contributed by atoms with Crippen LogP contribution in [-0.2, 0) is 0 Å². The molecule has 2 amide bonds. The molecule has 6 nitrogen and oxygen atoms in total. The van der Waals surface area contributed by atoms with Crippen molar-refractivity contribution < 1.29 is 14.1 Å². The van der Waals surface area contributed by atoms with E-state index in [1.165, 1.54) is 4.90 Å². The first kappa shape index (κ1) is 14.3. The van der Waals surface area contributed by atoms with Crippen molar-refractivity contribution in [2.75, 3.05) is 19.4 Å². The SMILES string of the molecule is CN(C)C(=O)c1cccc(NC(=O)c2cc(C3CC3)on2)c1. The summed E-state index contributed by atoms with van der Waals surface area (Å²) in [5.41, 5.74) is 1.32. The van der Waals surface area contributed by atoms with Gasteiger partial charge in [0.2, 0.25) is 0 Å². The molecule has 1 aromatic carbocycles. The minimum Gasteiger partial charge on any atom is -0.360 e. The van der Waals surface area contributed by atoms with Gasteiger partial charge in [-0.05, 0) is 31.0 Å². The first-order chi connectivity index (χ1) is 10.5. The number of hydrogen-bond acceptors (Lipinski definition) is 4. The number of carbonyl (C=O) groups excluding carboxylic acids is 2. The van der Waals surface area contributed by atoms with Gasteiger partial charge in [0.15, 0.2) is 5.69 Å². The van der Waals surface area contributed by atoms with Crippen LogP contribution in [0.25, 0.3) is 0 Å². The zero-order valence-electron chi connectivity index (χ0n) is 12.5. The van der Waals surface area contributed by atoms with Crippen LogP contribution >= 0.6 is 0 Å². The Kier molecular flexibility index (Phi) is 3.66. The van der Waals surface area contributed by atoms with Crippen LogP contribution < -0.4 is 5.32 Å². The van der Waals surface area contributed by atoms with Crippen molar-refractivity contribution in [3.63, 3.8) is 0 Å². The average molecular weight is 299 g/mol. The highest BCUT2D eigenvalue weighted by Gasteiger charge is 2.28. The number of aromatic nitrogens is 1. The van der Waals surface area contributed by atoms with Crippen molar-refractivity contribution >= 4 is 17.5 Å². The second-order valence-corrected chi connectivity index (χ2v) is 5.62. The molecular weight excluding hydrogens is 282 g/mol. The van der Waals surface area contributed by atoms with Gasteiger partial charge in [0.25, 0.3) is 11.8 Å². The Morgan fingerprint density at radius 2 is 2.05 bits per heavy atom. The second kappa shape index (κ2) is 5.63. The van der Waals surface area contributed by atoms with Gasteiger partial charge in [-0.25, -0.2) is 0 Å². The Bertz CT molecular complexity index is 717. The Labute approximate surface area is 128 Å². The van der Waals surface area contributed by atoms with E-state index in [4.69, 9.17) is 4.52 Å². The molecule has 6 heteroatoms. The van der Waals surface area contributed by atoms with Gasteiger partial charge in [-0.1, -0.05) is 11.2 Å². The van der Waals surface area contributed by atoms with Gasteiger partial charge in [-0.2, -0.15) is 0 Å². The number of amides is 2. The highest BCUT2D eigenvalue weighted by atomic mass is 16.5. The Morgan fingerprint density at radius 1 is 1.27 bits per heavy atom. The lowest BCUT2D eigenvalue weighted by atomic mass is 10.1. The number of carbonyl (C=O) groups is 2. The second-order valence-electron chi connectivity index (χ2n) is 5.62. The quantitative estimate of drug-likeness (QED) is 0.941. The number of nitrogens with zero attached hydrogens (tertiary/aromatic N) is 2. The summed E-state index contributed by atoms with van der Waals surface area (Å²) in [7, 11) is 3.37. The topological polar surface area (TPSA) is 75.4 Å². The molecule has 1 saturated carbocycles. The Morgan fingerprint density at radius 3 is 2.73 bits per heavy atom. The molecule has 0 saturated heterocycles. The summed E-state index contributed by atoms with van der Waals surface area (Å²) in [5, 5.41) is 6.53. The molecule has 114 valence electrons. The summed E-state index contributed by atoms with van der Waals surface area (Å²) in [5.74, 6) is 0.718. The Balaban J connectivity index is 1.72. The third-order valence-electron chi connectivity index (χ3n) is 3.51. The van der Waals surface area contributed by atoms with Crippen LogP contribution in [0.5, 0.6) is 0 Å². The maximum absolute atomic E-state index is 12.2. The number of benzene rings is 1. The highest BCUT2D eigenvalue weighted by molar-refractivity contribution is 6.03. The van der Waals surface area contributed by atoms with Gasteiger partial charge in [0.05, 0.1) is 0 Å². The maximum Gasteiger partial charge on any atom is 0.277 e. The maximum atomic E-state index is 12.2. The summed E-state index contributed by atoms with van der Waals surface area (Å²) in [6, 6.07) is 8.49. The van der Waals surface area contributed by atoms with Crippen LogP contribution in [0.4, 0.5) is 5.69 Å². The zero-order chi connectivity index (χ0) is 15.7. The highest BCUT2D eigenvalue weighted by Crippen LogP contribution is 2.40. The molecule has 1 fully saturated rings. The van der Waals surface area contributed by atoms with Crippen LogP contribution in [-0.4, -0.2) is 36.0 Å². The number of nitrogens with one attached hydrogen (secondary N) is 1. The fraction of sp³-hybridized carbons (Fsp3) is 0.312.